The number of rotatable bonds is 5. The highest BCUT2D eigenvalue weighted by molar-refractivity contribution is 5.04. The van der Waals surface area contributed by atoms with Crippen LogP contribution < -0.4 is 5.32 Å². The van der Waals surface area contributed by atoms with E-state index in [1.54, 1.807) is 12.5 Å². The Balaban J connectivity index is 2.17. The fourth-order valence-corrected chi connectivity index (χ4v) is 0.981. The molecule has 0 radical (unpaired) electrons. The van der Waals surface area contributed by atoms with Crippen molar-refractivity contribution in [3.63, 3.8) is 0 Å². The number of nitrogens with one attached hydrogen (secondary N) is 1. The van der Waals surface area contributed by atoms with Crippen LogP contribution in [0.5, 0.6) is 0 Å². The number of hydrogen-bond acceptors (Lipinski definition) is 3. The second-order valence-corrected chi connectivity index (χ2v) is 2.93. The number of hydrogen-bond donors (Lipinski definition) is 2. The van der Waals surface area contributed by atoms with Gasteiger partial charge in [0.1, 0.15) is 0 Å². The average molecular weight is 169 g/mol. The van der Waals surface area contributed by atoms with Crippen LogP contribution in [0.15, 0.2) is 23.0 Å². The van der Waals surface area contributed by atoms with Crippen LogP contribution >= 0.6 is 0 Å². The average Bonchev–Trinajstić information content (AvgIpc) is 2.53. The van der Waals surface area contributed by atoms with Gasteiger partial charge in [0, 0.05) is 24.8 Å². The third-order valence-corrected chi connectivity index (χ3v) is 1.80. The van der Waals surface area contributed by atoms with Gasteiger partial charge in [0.25, 0.3) is 0 Å². The van der Waals surface area contributed by atoms with Gasteiger partial charge in [-0.25, -0.2) is 0 Å². The fraction of sp³-hybridized carbons (Fsp3) is 0.556. The van der Waals surface area contributed by atoms with E-state index in [0.717, 1.165) is 18.5 Å². The largest absolute Gasteiger partial charge is 0.472 e. The zero-order chi connectivity index (χ0) is 8.81. The van der Waals surface area contributed by atoms with Crippen LogP contribution in [0.25, 0.3) is 0 Å². The first-order valence-corrected chi connectivity index (χ1v) is 4.18. The van der Waals surface area contributed by atoms with Gasteiger partial charge >= 0.3 is 0 Å². The summed E-state index contributed by atoms with van der Waals surface area (Å²) in [5, 5.41) is 11.9. The summed E-state index contributed by atoms with van der Waals surface area (Å²) in [6.45, 7) is 3.09. The first-order chi connectivity index (χ1) is 5.83. The third-order valence-electron chi connectivity index (χ3n) is 1.80. The van der Waals surface area contributed by atoms with Crippen molar-refractivity contribution in [1.29, 1.82) is 0 Å². The maximum Gasteiger partial charge on any atom is 0.0947 e. The van der Waals surface area contributed by atoms with Crippen molar-refractivity contribution in [2.45, 2.75) is 25.9 Å². The van der Waals surface area contributed by atoms with Crippen molar-refractivity contribution in [2.24, 2.45) is 0 Å². The molecule has 0 fully saturated rings. The Bertz CT molecular complexity index is 196. The van der Waals surface area contributed by atoms with Crippen molar-refractivity contribution in [1.82, 2.24) is 5.32 Å². The molecule has 1 atom stereocenters. The minimum Gasteiger partial charge on any atom is -0.472 e. The highest BCUT2D eigenvalue weighted by Crippen LogP contribution is 2.00. The predicted molar refractivity (Wildman–Crippen MR) is 46.7 cm³/mol. The third kappa shape index (κ3) is 3.07. The molecule has 0 bridgehead atoms. The molecule has 0 aromatic carbocycles. The smallest absolute Gasteiger partial charge is 0.0947 e. The van der Waals surface area contributed by atoms with Crippen LogP contribution in [0, 0.1) is 0 Å². The SMILES string of the molecule is CC(CCO)NCc1ccoc1. The number of furan rings is 1. The van der Waals surface area contributed by atoms with E-state index in [9.17, 15) is 0 Å². The van der Waals surface area contributed by atoms with Gasteiger partial charge in [0.05, 0.1) is 12.5 Å². The van der Waals surface area contributed by atoms with E-state index in [1.807, 2.05) is 6.07 Å². The van der Waals surface area contributed by atoms with Gasteiger partial charge < -0.3 is 14.8 Å². The predicted octanol–water partition coefficient (Wildman–Crippen LogP) is 1.14. The van der Waals surface area contributed by atoms with E-state index in [-0.39, 0.29) is 6.61 Å². The highest BCUT2D eigenvalue weighted by atomic mass is 16.3. The van der Waals surface area contributed by atoms with Gasteiger partial charge in [-0.05, 0) is 19.4 Å². The van der Waals surface area contributed by atoms with E-state index in [4.69, 9.17) is 9.52 Å². The monoisotopic (exact) mass is 169 g/mol. The lowest BCUT2D eigenvalue weighted by Gasteiger charge is -2.10. The Labute approximate surface area is 72.4 Å². The van der Waals surface area contributed by atoms with Crippen molar-refractivity contribution < 1.29 is 9.52 Å². The van der Waals surface area contributed by atoms with Crippen LogP contribution in [0.3, 0.4) is 0 Å². The molecule has 0 aliphatic rings. The number of aliphatic hydroxyl groups excluding tert-OH is 1. The molecular weight excluding hydrogens is 154 g/mol. The van der Waals surface area contributed by atoms with Gasteiger partial charge in [-0.2, -0.15) is 0 Å². The first kappa shape index (κ1) is 9.29. The molecule has 12 heavy (non-hydrogen) atoms. The summed E-state index contributed by atoms with van der Waals surface area (Å²) in [6, 6.07) is 2.28. The summed E-state index contributed by atoms with van der Waals surface area (Å²) in [7, 11) is 0. The summed E-state index contributed by atoms with van der Waals surface area (Å²) >= 11 is 0. The normalized spacial score (nSPS) is 13.2. The molecule has 2 N–H and O–H groups in total. The Morgan fingerprint density at radius 3 is 3.08 bits per heavy atom. The summed E-state index contributed by atoms with van der Waals surface area (Å²) in [5.74, 6) is 0. The zero-order valence-corrected chi connectivity index (χ0v) is 7.29. The van der Waals surface area contributed by atoms with E-state index >= 15 is 0 Å². The molecule has 1 unspecified atom stereocenters. The minimum absolute atomic E-state index is 0.236. The molecule has 0 aliphatic carbocycles. The molecule has 0 amide bonds. The van der Waals surface area contributed by atoms with E-state index in [2.05, 4.69) is 12.2 Å². The maximum absolute atomic E-state index is 8.64. The minimum atomic E-state index is 0.236. The first-order valence-electron chi connectivity index (χ1n) is 4.18. The lowest BCUT2D eigenvalue weighted by molar-refractivity contribution is 0.268. The topological polar surface area (TPSA) is 45.4 Å². The van der Waals surface area contributed by atoms with E-state index in [1.165, 1.54) is 0 Å². The summed E-state index contributed by atoms with van der Waals surface area (Å²) in [5.41, 5.74) is 1.14. The molecule has 3 nitrogen and oxygen atoms in total. The molecule has 0 saturated heterocycles. The van der Waals surface area contributed by atoms with Crippen molar-refractivity contribution in [2.75, 3.05) is 6.61 Å². The lowest BCUT2D eigenvalue weighted by atomic mass is 10.2. The van der Waals surface area contributed by atoms with Gasteiger partial charge in [-0.1, -0.05) is 0 Å². The molecule has 68 valence electrons. The Morgan fingerprint density at radius 1 is 1.67 bits per heavy atom. The second kappa shape index (κ2) is 4.95. The molecule has 1 heterocycles. The van der Waals surface area contributed by atoms with Crippen LogP contribution in [-0.4, -0.2) is 17.8 Å². The van der Waals surface area contributed by atoms with Crippen LogP contribution in [0.2, 0.25) is 0 Å². The van der Waals surface area contributed by atoms with Crippen molar-refractivity contribution in [3.8, 4) is 0 Å². The zero-order valence-electron chi connectivity index (χ0n) is 7.29. The van der Waals surface area contributed by atoms with Crippen molar-refractivity contribution in [3.05, 3.63) is 24.2 Å². The Kier molecular flexibility index (Phi) is 3.84. The Hall–Kier alpha value is -0.800. The summed E-state index contributed by atoms with van der Waals surface area (Å²) < 4.78 is 4.92. The van der Waals surface area contributed by atoms with E-state index in [0.29, 0.717) is 6.04 Å². The van der Waals surface area contributed by atoms with Crippen LogP contribution in [-0.2, 0) is 6.54 Å². The van der Waals surface area contributed by atoms with E-state index < -0.39 is 0 Å². The summed E-state index contributed by atoms with van der Waals surface area (Å²) in [4.78, 5) is 0. The molecule has 0 spiro atoms. The quantitative estimate of drug-likeness (QED) is 0.694. The molecule has 0 aliphatic heterocycles. The molecule has 3 heteroatoms. The standard InChI is InChI=1S/C9H15NO2/c1-8(2-4-11)10-6-9-3-5-12-7-9/h3,5,7-8,10-11H,2,4,6H2,1H3. The molecular formula is C9H15NO2. The summed E-state index contributed by atoms with van der Waals surface area (Å²) in [6.07, 6.45) is 4.17. The van der Waals surface area contributed by atoms with Gasteiger partial charge in [-0.15, -0.1) is 0 Å². The molecule has 1 aromatic rings. The Morgan fingerprint density at radius 2 is 2.50 bits per heavy atom. The lowest BCUT2D eigenvalue weighted by Crippen LogP contribution is -2.26. The maximum atomic E-state index is 8.64. The van der Waals surface area contributed by atoms with Gasteiger partial charge in [0.15, 0.2) is 0 Å². The number of aliphatic hydroxyl groups is 1. The van der Waals surface area contributed by atoms with Crippen LogP contribution in [0.1, 0.15) is 18.9 Å². The van der Waals surface area contributed by atoms with Crippen LogP contribution in [0.4, 0.5) is 0 Å². The highest BCUT2D eigenvalue weighted by Gasteiger charge is 2.00. The second-order valence-electron chi connectivity index (χ2n) is 2.93. The molecule has 1 aromatic heterocycles. The molecule has 0 saturated carbocycles. The van der Waals surface area contributed by atoms with Crippen molar-refractivity contribution >= 4 is 0 Å². The van der Waals surface area contributed by atoms with Gasteiger partial charge in [-0.3, -0.25) is 0 Å². The van der Waals surface area contributed by atoms with Gasteiger partial charge in [0.2, 0.25) is 0 Å². The fourth-order valence-electron chi connectivity index (χ4n) is 0.981. The molecule has 1 rings (SSSR count).